The Morgan fingerprint density at radius 2 is 1.69 bits per heavy atom. The van der Waals surface area contributed by atoms with Crippen molar-refractivity contribution in [3.63, 3.8) is 0 Å². The smallest absolute Gasteiger partial charge is 0.243 e. The molecule has 0 aliphatic carbocycles. The fourth-order valence-corrected chi connectivity index (χ4v) is 5.75. The average molecular weight is 478 g/mol. The van der Waals surface area contributed by atoms with Crippen molar-refractivity contribution in [2.24, 2.45) is 0 Å². The molecule has 2 aromatic carbocycles. The molecule has 2 aromatic rings. The molecule has 2 fully saturated rings. The third-order valence-electron chi connectivity index (χ3n) is 5.85. The van der Waals surface area contributed by atoms with Gasteiger partial charge in [-0.1, -0.05) is 23.7 Å². The van der Waals surface area contributed by atoms with Crippen LogP contribution in [0.3, 0.4) is 0 Å². The highest BCUT2D eigenvalue weighted by Gasteiger charge is 2.26. The molecule has 2 aliphatic heterocycles. The number of sulfonamides is 1. The molecule has 7 nitrogen and oxygen atoms in total. The predicted molar refractivity (Wildman–Crippen MR) is 126 cm³/mol. The SMILES string of the molecule is O=C(CCc1ccc(S(=O)(=O)N2CCCC2)cc1)Nc1cc(Cl)ccc1N1CCOCC1. The van der Waals surface area contributed by atoms with Gasteiger partial charge in [0.15, 0.2) is 0 Å². The first-order chi connectivity index (χ1) is 15.4. The van der Waals surface area contributed by atoms with Crippen molar-refractivity contribution >= 4 is 38.9 Å². The van der Waals surface area contributed by atoms with E-state index in [4.69, 9.17) is 16.3 Å². The summed E-state index contributed by atoms with van der Waals surface area (Å²) in [6, 6.07) is 12.3. The molecule has 2 aliphatic rings. The number of amides is 1. The van der Waals surface area contributed by atoms with Crippen LogP contribution in [0, 0.1) is 0 Å². The average Bonchev–Trinajstić information content (AvgIpc) is 3.35. The highest BCUT2D eigenvalue weighted by molar-refractivity contribution is 7.89. The van der Waals surface area contributed by atoms with E-state index in [-0.39, 0.29) is 12.3 Å². The van der Waals surface area contributed by atoms with Gasteiger partial charge in [-0.3, -0.25) is 4.79 Å². The van der Waals surface area contributed by atoms with E-state index in [2.05, 4.69) is 10.2 Å². The summed E-state index contributed by atoms with van der Waals surface area (Å²) < 4.78 is 32.2. The summed E-state index contributed by atoms with van der Waals surface area (Å²) in [6.45, 7) is 3.99. The van der Waals surface area contributed by atoms with Gasteiger partial charge in [-0.25, -0.2) is 8.42 Å². The van der Waals surface area contributed by atoms with Crippen molar-refractivity contribution in [2.75, 3.05) is 49.6 Å². The van der Waals surface area contributed by atoms with Crippen molar-refractivity contribution in [1.82, 2.24) is 4.31 Å². The Kier molecular flexibility index (Phi) is 7.35. The second-order valence-corrected chi connectivity index (χ2v) is 10.4. The number of carbonyl (C=O) groups is 1. The Bertz CT molecular complexity index is 1050. The number of anilines is 2. The van der Waals surface area contributed by atoms with Crippen LogP contribution in [0.1, 0.15) is 24.8 Å². The number of hydrogen-bond donors (Lipinski definition) is 1. The molecule has 0 aromatic heterocycles. The molecule has 1 N–H and O–H groups in total. The van der Waals surface area contributed by atoms with Crippen LogP contribution in [0.4, 0.5) is 11.4 Å². The Labute approximate surface area is 194 Å². The molecule has 0 spiro atoms. The lowest BCUT2D eigenvalue weighted by atomic mass is 10.1. The van der Waals surface area contributed by atoms with Gasteiger partial charge >= 0.3 is 0 Å². The van der Waals surface area contributed by atoms with E-state index in [0.29, 0.717) is 48.3 Å². The van der Waals surface area contributed by atoms with E-state index in [1.807, 2.05) is 12.1 Å². The minimum Gasteiger partial charge on any atom is -0.378 e. The summed E-state index contributed by atoms with van der Waals surface area (Å²) in [5, 5.41) is 3.55. The second kappa shape index (κ2) is 10.2. The van der Waals surface area contributed by atoms with E-state index in [0.717, 1.165) is 37.2 Å². The maximum atomic E-state index is 12.6. The van der Waals surface area contributed by atoms with Gasteiger partial charge in [-0.05, 0) is 55.2 Å². The highest BCUT2D eigenvalue weighted by Crippen LogP contribution is 2.30. The molecule has 172 valence electrons. The molecule has 1 amide bonds. The fraction of sp³-hybridized carbons (Fsp3) is 0.435. The number of ether oxygens (including phenoxy) is 1. The monoisotopic (exact) mass is 477 g/mol. The summed E-state index contributed by atoms with van der Waals surface area (Å²) >= 11 is 6.16. The van der Waals surface area contributed by atoms with E-state index in [1.54, 1.807) is 30.3 Å². The van der Waals surface area contributed by atoms with Gasteiger partial charge in [0, 0.05) is 37.6 Å². The van der Waals surface area contributed by atoms with Crippen LogP contribution in [0.25, 0.3) is 0 Å². The number of rotatable bonds is 7. The first-order valence-corrected chi connectivity index (χ1v) is 12.8. The van der Waals surface area contributed by atoms with Gasteiger partial charge < -0.3 is 15.0 Å². The number of aryl methyl sites for hydroxylation is 1. The van der Waals surface area contributed by atoms with Gasteiger partial charge in [-0.15, -0.1) is 0 Å². The second-order valence-electron chi connectivity index (χ2n) is 8.06. The molecule has 9 heteroatoms. The molecule has 4 rings (SSSR count). The summed E-state index contributed by atoms with van der Waals surface area (Å²) in [5.41, 5.74) is 2.54. The van der Waals surface area contributed by atoms with Gasteiger partial charge in [0.2, 0.25) is 15.9 Å². The third kappa shape index (κ3) is 5.43. The van der Waals surface area contributed by atoms with Crippen molar-refractivity contribution < 1.29 is 17.9 Å². The van der Waals surface area contributed by atoms with Gasteiger partial charge in [0.1, 0.15) is 0 Å². The van der Waals surface area contributed by atoms with Crippen LogP contribution in [-0.2, 0) is 26.0 Å². The topological polar surface area (TPSA) is 79.0 Å². The summed E-state index contributed by atoms with van der Waals surface area (Å²) in [7, 11) is -3.42. The largest absolute Gasteiger partial charge is 0.378 e. The maximum Gasteiger partial charge on any atom is 0.243 e. The number of morpholine rings is 1. The minimum absolute atomic E-state index is 0.115. The number of benzene rings is 2. The Balaban J connectivity index is 1.37. The van der Waals surface area contributed by atoms with Crippen molar-refractivity contribution in [2.45, 2.75) is 30.6 Å². The van der Waals surface area contributed by atoms with E-state index < -0.39 is 10.0 Å². The van der Waals surface area contributed by atoms with Crippen molar-refractivity contribution in [1.29, 1.82) is 0 Å². The van der Waals surface area contributed by atoms with E-state index >= 15 is 0 Å². The molecule has 2 heterocycles. The number of halogens is 1. The molecule has 0 unspecified atom stereocenters. The first-order valence-electron chi connectivity index (χ1n) is 10.9. The molecule has 32 heavy (non-hydrogen) atoms. The molecular formula is C23H28ClN3O4S. The lowest BCUT2D eigenvalue weighted by molar-refractivity contribution is -0.116. The summed E-state index contributed by atoms with van der Waals surface area (Å²) in [5.74, 6) is -0.115. The molecular weight excluding hydrogens is 450 g/mol. The van der Waals surface area contributed by atoms with Crippen LogP contribution in [-0.4, -0.2) is 58.0 Å². The maximum absolute atomic E-state index is 12.6. The molecule has 0 bridgehead atoms. The van der Waals surface area contributed by atoms with Crippen LogP contribution in [0.5, 0.6) is 0 Å². The zero-order chi connectivity index (χ0) is 22.6. The van der Waals surface area contributed by atoms with Crippen LogP contribution < -0.4 is 10.2 Å². The first kappa shape index (κ1) is 23.0. The fourth-order valence-electron chi connectivity index (χ4n) is 4.06. The third-order valence-corrected chi connectivity index (χ3v) is 8.00. The van der Waals surface area contributed by atoms with Gasteiger partial charge in [0.05, 0.1) is 29.5 Å². The van der Waals surface area contributed by atoms with Gasteiger partial charge in [-0.2, -0.15) is 4.31 Å². The van der Waals surface area contributed by atoms with Gasteiger partial charge in [0.25, 0.3) is 0 Å². The van der Waals surface area contributed by atoms with Crippen molar-refractivity contribution in [3.8, 4) is 0 Å². The Hall–Kier alpha value is -2.13. The highest BCUT2D eigenvalue weighted by atomic mass is 35.5. The molecule has 0 saturated carbocycles. The lowest BCUT2D eigenvalue weighted by Crippen LogP contribution is -2.36. The normalized spacial score (nSPS) is 17.5. The number of hydrogen-bond acceptors (Lipinski definition) is 5. The number of nitrogens with zero attached hydrogens (tertiary/aromatic N) is 2. The summed E-state index contributed by atoms with van der Waals surface area (Å²) in [6.07, 6.45) is 2.62. The lowest BCUT2D eigenvalue weighted by Gasteiger charge is -2.30. The van der Waals surface area contributed by atoms with Crippen molar-refractivity contribution in [3.05, 3.63) is 53.1 Å². The van der Waals surface area contributed by atoms with Crippen LogP contribution in [0.2, 0.25) is 5.02 Å². The molecule has 0 radical (unpaired) electrons. The zero-order valence-electron chi connectivity index (χ0n) is 17.9. The minimum atomic E-state index is -3.42. The predicted octanol–water partition coefficient (Wildman–Crippen LogP) is 3.53. The zero-order valence-corrected chi connectivity index (χ0v) is 19.5. The Morgan fingerprint density at radius 3 is 2.38 bits per heavy atom. The van der Waals surface area contributed by atoms with E-state index in [9.17, 15) is 13.2 Å². The quantitative estimate of drug-likeness (QED) is 0.660. The molecule has 2 saturated heterocycles. The van der Waals surface area contributed by atoms with E-state index in [1.165, 1.54) is 4.31 Å². The standard InChI is InChI=1S/C23H28ClN3O4S/c24-19-6-9-22(26-13-15-31-16-14-26)21(17-19)25-23(28)10-5-18-3-7-20(8-4-18)32(29,30)27-11-1-2-12-27/h3-4,6-9,17H,1-2,5,10-16H2,(H,25,28). The number of nitrogens with one attached hydrogen (secondary N) is 1. The number of carbonyl (C=O) groups excluding carboxylic acids is 1. The Morgan fingerprint density at radius 1 is 1.00 bits per heavy atom. The van der Waals surface area contributed by atoms with Crippen LogP contribution in [0.15, 0.2) is 47.4 Å². The summed E-state index contributed by atoms with van der Waals surface area (Å²) in [4.78, 5) is 15.1. The molecule has 0 atom stereocenters. The van der Waals surface area contributed by atoms with Crippen LogP contribution >= 0.6 is 11.6 Å².